The lowest BCUT2D eigenvalue weighted by molar-refractivity contribution is 0.0772. The molecule has 1 aliphatic rings. The summed E-state index contributed by atoms with van der Waals surface area (Å²) in [5.74, 6) is 0.0840. The molecule has 0 bridgehead atoms. The number of aromatic hydroxyl groups is 1. The van der Waals surface area contributed by atoms with Crippen LogP contribution >= 0.6 is 0 Å². The van der Waals surface area contributed by atoms with Crippen LogP contribution in [-0.2, 0) is 0 Å². The maximum Gasteiger partial charge on any atom is 0.278 e. The minimum atomic E-state index is -0.290. The zero-order valence-electron chi connectivity index (χ0n) is 14.0. The first-order valence-electron chi connectivity index (χ1n) is 8.28. The van der Waals surface area contributed by atoms with Gasteiger partial charge in [0.1, 0.15) is 0 Å². The molecule has 1 amide bonds. The molecule has 3 rings (SSSR count). The summed E-state index contributed by atoms with van der Waals surface area (Å²) < 4.78 is 1.54. The van der Waals surface area contributed by atoms with Gasteiger partial charge in [0, 0.05) is 25.6 Å². The van der Waals surface area contributed by atoms with Gasteiger partial charge in [-0.05, 0) is 30.0 Å². The number of benzene rings is 1. The smallest absolute Gasteiger partial charge is 0.278 e. The largest absolute Gasteiger partial charge is 0.504 e. The summed E-state index contributed by atoms with van der Waals surface area (Å²) in [6, 6.07) is 7.88. The van der Waals surface area contributed by atoms with Gasteiger partial charge in [-0.15, -0.1) is 0 Å². The maximum atomic E-state index is 12.6. The number of hydrogen-bond donors (Lipinski definition) is 2. The van der Waals surface area contributed by atoms with Gasteiger partial charge in [-0.3, -0.25) is 4.79 Å². The molecule has 1 aromatic carbocycles. The van der Waals surface area contributed by atoms with E-state index in [2.05, 4.69) is 18.9 Å². The average molecular weight is 329 g/mol. The molecule has 1 atom stereocenters. The van der Waals surface area contributed by atoms with Crippen LogP contribution in [0.4, 0.5) is 0 Å². The lowest BCUT2D eigenvalue weighted by atomic mass is 10.0. The predicted molar refractivity (Wildman–Crippen MR) is 90.4 cm³/mol. The van der Waals surface area contributed by atoms with Crippen molar-refractivity contribution >= 4 is 5.91 Å². The molecule has 0 saturated carbocycles. The van der Waals surface area contributed by atoms with Crippen LogP contribution < -0.4 is 0 Å². The molecular weight excluding hydrogens is 306 g/mol. The van der Waals surface area contributed by atoms with Crippen LogP contribution in [-0.4, -0.2) is 50.5 Å². The van der Waals surface area contributed by atoms with E-state index in [1.807, 2.05) is 24.3 Å². The highest BCUT2D eigenvalue weighted by molar-refractivity contribution is 5.95. The SMILES string of the molecule is CC(C)c1cccc(-n2cc(O)c(C(=O)N3CCC(CO)C3)n2)c1. The van der Waals surface area contributed by atoms with E-state index in [4.69, 9.17) is 0 Å². The van der Waals surface area contributed by atoms with E-state index in [1.165, 1.54) is 16.4 Å². The minimum Gasteiger partial charge on any atom is -0.504 e. The zero-order valence-corrected chi connectivity index (χ0v) is 14.0. The van der Waals surface area contributed by atoms with Gasteiger partial charge in [0.25, 0.3) is 5.91 Å². The van der Waals surface area contributed by atoms with Crippen LogP contribution in [0.1, 0.15) is 42.2 Å². The summed E-state index contributed by atoms with van der Waals surface area (Å²) in [5, 5.41) is 23.6. The standard InChI is InChI=1S/C18H23N3O3/c1-12(2)14-4-3-5-15(8-14)21-10-16(23)17(19-21)18(24)20-7-6-13(9-20)11-22/h3-5,8,10,12-13,22-23H,6-7,9,11H2,1-2H3. The second kappa shape index (κ2) is 6.65. The molecule has 1 fully saturated rings. The molecule has 128 valence electrons. The first-order chi connectivity index (χ1) is 11.5. The number of likely N-dealkylation sites (tertiary alicyclic amines) is 1. The highest BCUT2D eigenvalue weighted by Gasteiger charge is 2.29. The predicted octanol–water partition coefficient (Wildman–Crippen LogP) is 2.16. The molecule has 1 saturated heterocycles. The Kier molecular flexibility index (Phi) is 4.57. The highest BCUT2D eigenvalue weighted by atomic mass is 16.3. The molecule has 2 aromatic rings. The van der Waals surface area contributed by atoms with E-state index in [9.17, 15) is 15.0 Å². The van der Waals surface area contributed by atoms with Crippen molar-refractivity contribution < 1.29 is 15.0 Å². The molecule has 0 radical (unpaired) electrons. The molecule has 0 spiro atoms. The van der Waals surface area contributed by atoms with Crippen LogP contribution in [0.15, 0.2) is 30.5 Å². The Bertz CT molecular complexity index is 739. The van der Waals surface area contributed by atoms with Crippen molar-refractivity contribution in [3.05, 3.63) is 41.7 Å². The molecule has 1 aromatic heterocycles. The first kappa shape index (κ1) is 16.5. The molecule has 0 aliphatic carbocycles. The summed E-state index contributed by atoms with van der Waals surface area (Å²) >= 11 is 0. The summed E-state index contributed by atoms with van der Waals surface area (Å²) in [5.41, 5.74) is 2.04. The number of hydrogen-bond acceptors (Lipinski definition) is 4. The van der Waals surface area contributed by atoms with Crippen molar-refractivity contribution in [3.63, 3.8) is 0 Å². The number of aliphatic hydroxyl groups excluding tert-OH is 1. The van der Waals surface area contributed by atoms with Crippen molar-refractivity contribution in [1.82, 2.24) is 14.7 Å². The molecule has 2 heterocycles. The molecular formula is C18H23N3O3. The van der Waals surface area contributed by atoms with Crippen LogP contribution in [0, 0.1) is 5.92 Å². The summed E-state index contributed by atoms with van der Waals surface area (Å²) in [6.45, 7) is 5.38. The second-order valence-electron chi connectivity index (χ2n) is 6.65. The summed E-state index contributed by atoms with van der Waals surface area (Å²) in [7, 11) is 0. The van der Waals surface area contributed by atoms with Gasteiger partial charge in [-0.2, -0.15) is 5.10 Å². The number of carbonyl (C=O) groups is 1. The Balaban J connectivity index is 1.85. The Labute approximate surface area is 141 Å². The van der Waals surface area contributed by atoms with Gasteiger partial charge in [0.2, 0.25) is 0 Å². The van der Waals surface area contributed by atoms with E-state index in [-0.39, 0.29) is 29.9 Å². The van der Waals surface area contributed by atoms with Crippen LogP contribution in [0.25, 0.3) is 5.69 Å². The zero-order chi connectivity index (χ0) is 17.3. The monoisotopic (exact) mass is 329 g/mol. The fourth-order valence-corrected chi connectivity index (χ4v) is 2.99. The number of aromatic nitrogens is 2. The number of aliphatic hydroxyl groups is 1. The quantitative estimate of drug-likeness (QED) is 0.901. The van der Waals surface area contributed by atoms with E-state index in [0.717, 1.165) is 12.1 Å². The van der Waals surface area contributed by atoms with Crippen molar-refractivity contribution in [3.8, 4) is 11.4 Å². The maximum absolute atomic E-state index is 12.6. The van der Waals surface area contributed by atoms with Crippen molar-refractivity contribution in [2.75, 3.05) is 19.7 Å². The fourth-order valence-electron chi connectivity index (χ4n) is 2.99. The van der Waals surface area contributed by atoms with Gasteiger partial charge < -0.3 is 15.1 Å². The van der Waals surface area contributed by atoms with Gasteiger partial charge in [-0.1, -0.05) is 26.0 Å². The third-order valence-corrected chi connectivity index (χ3v) is 4.53. The minimum absolute atomic E-state index is 0.0588. The molecule has 6 heteroatoms. The van der Waals surface area contributed by atoms with Gasteiger partial charge in [-0.25, -0.2) is 4.68 Å². The first-order valence-corrected chi connectivity index (χ1v) is 8.28. The summed E-state index contributed by atoms with van der Waals surface area (Å²) in [6.07, 6.45) is 2.24. The molecule has 24 heavy (non-hydrogen) atoms. The lowest BCUT2D eigenvalue weighted by Crippen LogP contribution is -2.29. The third kappa shape index (κ3) is 3.14. The average Bonchev–Trinajstić information content (AvgIpc) is 3.21. The second-order valence-corrected chi connectivity index (χ2v) is 6.65. The molecule has 1 aliphatic heterocycles. The van der Waals surface area contributed by atoms with E-state index >= 15 is 0 Å². The van der Waals surface area contributed by atoms with E-state index < -0.39 is 0 Å². The Morgan fingerprint density at radius 1 is 1.42 bits per heavy atom. The molecule has 6 nitrogen and oxygen atoms in total. The molecule has 1 unspecified atom stereocenters. The van der Waals surface area contributed by atoms with Gasteiger partial charge >= 0.3 is 0 Å². The lowest BCUT2D eigenvalue weighted by Gasteiger charge is -2.14. The van der Waals surface area contributed by atoms with Crippen LogP contribution in [0.5, 0.6) is 5.75 Å². The highest BCUT2D eigenvalue weighted by Crippen LogP contribution is 2.24. The van der Waals surface area contributed by atoms with Crippen LogP contribution in [0.2, 0.25) is 0 Å². The topological polar surface area (TPSA) is 78.6 Å². The fraction of sp³-hybridized carbons (Fsp3) is 0.444. The van der Waals surface area contributed by atoms with Gasteiger partial charge in [0.05, 0.1) is 11.9 Å². The summed E-state index contributed by atoms with van der Waals surface area (Å²) in [4.78, 5) is 14.2. The number of rotatable bonds is 4. The number of amides is 1. The number of carbonyl (C=O) groups excluding carboxylic acids is 1. The Morgan fingerprint density at radius 3 is 2.88 bits per heavy atom. The van der Waals surface area contributed by atoms with Crippen LogP contribution in [0.3, 0.4) is 0 Å². The Morgan fingerprint density at radius 2 is 2.21 bits per heavy atom. The normalized spacial score (nSPS) is 17.7. The Hall–Kier alpha value is -2.34. The van der Waals surface area contributed by atoms with E-state index in [1.54, 1.807) is 4.90 Å². The molecule has 2 N–H and O–H groups in total. The third-order valence-electron chi connectivity index (χ3n) is 4.53. The van der Waals surface area contributed by atoms with E-state index in [0.29, 0.717) is 19.0 Å². The number of nitrogens with zero attached hydrogens (tertiary/aromatic N) is 3. The van der Waals surface area contributed by atoms with Gasteiger partial charge in [0.15, 0.2) is 11.4 Å². The van der Waals surface area contributed by atoms with Crippen molar-refractivity contribution in [2.24, 2.45) is 5.92 Å². The van der Waals surface area contributed by atoms with Crippen molar-refractivity contribution in [2.45, 2.75) is 26.2 Å². The van der Waals surface area contributed by atoms with Crippen molar-refractivity contribution in [1.29, 1.82) is 0 Å².